The van der Waals surface area contributed by atoms with Gasteiger partial charge in [-0.3, -0.25) is 9.68 Å². The predicted octanol–water partition coefficient (Wildman–Crippen LogP) is 4.58. The van der Waals surface area contributed by atoms with Crippen LogP contribution in [0.2, 0.25) is 0 Å². The molecule has 0 aliphatic carbocycles. The quantitative estimate of drug-likeness (QED) is 0.265. The summed E-state index contributed by atoms with van der Waals surface area (Å²) >= 11 is 0. The maximum absolute atomic E-state index is 12.6. The summed E-state index contributed by atoms with van der Waals surface area (Å²) in [5, 5.41) is 0. The average Bonchev–Trinajstić information content (AvgIpc) is 2.55. The topological polar surface area (TPSA) is 61.8 Å². The summed E-state index contributed by atoms with van der Waals surface area (Å²) in [6.07, 6.45) is 7.24. The van der Waals surface area contributed by atoms with Crippen LogP contribution in [-0.2, 0) is 24.1 Å². The van der Waals surface area contributed by atoms with E-state index in [1.165, 1.54) is 0 Å². The number of hydrogen-bond donors (Lipinski definition) is 0. The second kappa shape index (κ2) is 13.3. The number of carbonyl (C=O) groups is 2. The third kappa shape index (κ3) is 8.94. The van der Waals surface area contributed by atoms with Gasteiger partial charge >= 0.3 is 11.9 Å². The van der Waals surface area contributed by atoms with E-state index in [0.717, 1.165) is 38.5 Å². The summed E-state index contributed by atoms with van der Waals surface area (Å²) in [6, 6.07) is 0. The molecular formula is C18H34O5. The van der Waals surface area contributed by atoms with Gasteiger partial charge in [0.25, 0.3) is 0 Å². The van der Waals surface area contributed by atoms with Crippen LogP contribution in [0.15, 0.2) is 0 Å². The second-order valence-electron chi connectivity index (χ2n) is 5.92. The SMILES string of the molecule is CCCCC(CCCC)(CCCC(=O)OOCC)C(=O)OCC. The Balaban J connectivity index is 4.76. The first-order valence-electron chi connectivity index (χ1n) is 9.05. The fourth-order valence-corrected chi connectivity index (χ4v) is 2.73. The molecule has 0 aromatic carbocycles. The van der Waals surface area contributed by atoms with Crippen LogP contribution in [0.25, 0.3) is 0 Å². The van der Waals surface area contributed by atoms with Gasteiger partial charge in [0.15, 0.2) is 0 Å². The van der Waals surface area contributed by atoms with E-state index in [1.807, 2.05) is 6.92 Å². The van der Waals surface area contributed by atoms with Crippen molar-refractivity contribution in [3.05, 3.63) is 0 Å². The summed E-state index contributed by atoms with van der Waals surface area (Å²) in [5.41, 5.74) is -0.464. The molecule has 0 heterocycles. The Hall–Kier alpha value is -1.10. The van der Waals surface area contributed by atoms with Crippen molar-refractivity contribution >= 4 is 11.9 Å². The molecule has 0 spiro atoms. The fraction of sp³-hybridized carbons (Fsp3) is 0.889. The molecule has 5 nitrogen and oxygen atoms in total. The first kappa shape index (κ1) is 21.9. The van der Waals surface area contributed by atoms with Crippen LogP contribution in [-0.4, -0.2) is 25.2 Å². The summed E-state index contributed by atoms with van der Waals surface area (Å²) in [5.74, 6) is -0.490. The van der Waals surface area contributed by atoms with Crippen LogP contribution < -0.4 is 0 Å². The third-order valence-corrected chi connectivity index (χ3v) is 4.03. The minimum absolute atomic E-state index is 0.111. The lowest BCUT2D eigenvalue weighted by Gasteiger charge is -2.31. The number of esters is 1. The lowest BCUT2D eigenvalue weighted by molar-refractivity contribution is -0.269. The van der Waals surface area contributed by atoms with Gasteiger partial charge in [-0.2, -0.15) is 4.89 Å². The molecule has 0 amide bonds. The van der Waals surface area contributed by atoms with Gasteiger partial charge in [0.2, 0.25) is 0 Å². The highest BCUT2D eigenvalue weighted by molar-refractivity contribution is 5.77. The van der Waals surface area contributed by atoms with Gasteiger partial charge in [-0.25, -0.2) is 4.79 Å². The van der Waals surface area contributed by atoms with E-state index in [-0.39, 0.29) is 18.4 Å². The number of hydrogen-bond acceptors (Lipinski definition) is 5. The van der Waals surface area contributed by atoms with Gasteiger partial charge in [0.1, 0.15) is 0 Å². The van der Waals surface area contributed by atoms with Crippen LogP contribution in [0.1, 0.15) is 85.5 Å². The molecule has 0 aliphatic rings. The van der Waals surface area contributed by atoms with E-state index in [0.29, 0.717) is 26.1 Å². The highest BCUT2D eigenvalue weighted by Crippen LogP contribution is 2.38. The molecule has 0 rings (SSSR count). The van der Waals surface area contributed by atoms with Crippen molar-refractivity contribution < 1.29 is 24.1 Å². The van der Waals surface area contributed by atoms with Gasteiger partial charge in [-0.1, -0.05) is 39.5 Å². The Morgan fingerprint density at radius 2 is 1.39 bits per heavy atom. The van der Waals surface area contributed by atoms with Gasteiger partial charge in [-0.05, 0) is 39.5 Å². The number of carbonyl (C=O) groups excluding carboxylic acids is 2. The standard InChI is InChI=1S/C18H34O5/c1-5-9-13-18(14-10-6-2,17(20)21-7-3)15-11-12-16(19)23-22-8-4/h5-15H2,1-4H3. The Kier molecular flexibility index (Phi) is 12.7. The number of rotatable bonds is 14. The largest absolute Gasteiger partial charge is 0.466 e. The molecule has 0 bridgehead atoms. The summed E-state index contributed by atoms with van der Waals surface area (Å²) in [7, 11) is 0. The maximum Gasteiger partial charge on any atom is 0.342 e. The molecule has 23 heavy (non-hydrogen) atoms. The highest BCUT2D eigenvalue weighted by Gasteiger charge is 2.38. The Morgan fingerprint density at radius 3 is 1.87 bits per heavy atom. The summed E-state index contributed by atoms with van der Waals surface area (Å²) in [6.45, 7) is 8.57. The summed E-state index contributed by atoms with van der Waals surface area (Å²) in [4.78, 5) is 33.4. The Morgan fingerprint density at radius 1 is 0.826 bits per heavy atom. The Labute approximate surface area is 141 Å². The molecule has 0 aliphatic heterocycles. The molecule has 136 valence electrons. The van der Waals surface area contributed by atoms with Crippen molar-refractivity contribution in [3.63, 3.8) is 0 Å². The normalized spacial score (nSPS) is 11.3. The van der Waals surface area contributed by atoms with E-state index >= 15 is 0 Å². The lowest BCUT2D eigenvalue weighted by Crippen LogP contribution is -2.33. The summed E-state index contributed by atoms with van der Waals surface area (Å²) < 4.78 is 5.34. The van der Waals surface area contributed by atoms with Crippen molar-refractivity contribution in [2.45, 2.75) is 85.5 Å². The predicted molar refractivity (Wildman–Crippen MR) is 89.7 cm³/mol. The zero-order chi connectivity index (χ0) is 17.6. The lowest BCUT2D eigenvalue weighted by atomic mass is 9.74. The number of unbranched alkanes of at least 4 members (excludes halogenated alkanes) is 2. The van der Waals surface area contributed by atoms with Gasteiger partial charge in [-0.15, -0.1) is 0 Å². The highest BCUT2D eigenvalue weighted by atomic mass is 17.2. The van der Waals surface area contributed by atoms with Crippen LogP contribution in [0.4, 0.5) is 0 Å². The minimum atomic E-state index is -0.464. The van der Waals surface area contributed by atoms with Crippen molar-refractivity contribution in [2.24, 2.45) is 5.41 Å². The molecule has 0 radical (unpaired) electrons. The smallest absolute Gasteiger partial charge is 0.342 e. The van der Waals surface area contributed by atoms with Gasteiger partial charge < -0.3 is 4.74 Å². The monoisotopic (exact) mass is 330 g/mol. The molecule has 0 saturated heterocycles. The van der Waals surface area contributed by atoms with Crippen LogP contribution in [0.5, 0.6) is 0 Å². The van der Waals surface area contributed by atoms with Crippen molar-refractivity contribution in [1.29, 1.82) is 0 Å². The van der Waals surface area contributed by atoms with Gasteiger partial charge in [0.05, 0.1) is 18.6 Å². The van der Waals surface area contributed by atoms with E-state index in [1.54, 1.807) is 6.92 Å². The molecule has 0 N–H and O–H groups in total. The van der Waals surface area contributed by atoms with Gasteiger partial charge in [0, 0.05) is 6.42 Å². The molecular weight excluding hydrogens is 296 g/mol. The number of ether oxygens (including phenoxy) is 1. The molecule has 0 aromatic heterocycles. The molecule has 0 saturated carbocycles. The molecule has 0 aromatic rings. The molecule has 0 unspecified atom stereocenters. The third-order valence-electron chi connectivity index (χ3n) is 4.03. The minimum Gasteiger partial charge on any atom is -0.466 e. The van der Waals surface area contributed by atoms with Crippen LogP contribution in [0, 0.1) is 5.41 Å². The van der Waals surface area contributed by atoms with E-state index in [2.05, 4.69) is 23.6 Å². The zero-order valence-corrected chi connectivity index (χ0v) is 15.3. The van der Waals surface area contributed by atoms with Crippen molar-refractivity contribution in [2.75, 3.05) is 13.2 Å². The molecule has 0 atom stereocenters. The fourth-order valence-electron chi connectivity index (χ4n) is 2.73. The maximum atomic E-state index is 12.6. The molecule has 5 heteroatoms. The van der Waals surface area contributed by atoms with Crippen LogP contribution >= 0.6 is 0 Å². The second-order valence-corrected chi connectivity index (χ2v) is 5.92. The van der Waals surface area contributed by atoms with Crippen molar-refractivity contribution in [3.8, 4) is 0 Å². The molecule has 0 fully saturated rings. The zero-order valence-electron chi connectivity index (χ0n) is 15.3. The van der Waals surface area contributed by atoms with E-state index in [9.17, 15) is 9.59 Å². The van der Waals surface area contributed by atoms with Crippen LogP contribution in [0.3, 0.4) is 0 Å². The Bertz CT molecular complexity index is 319. The van der Waals surface area contributed by atoms with Crippen molar-refractivity contribution in [1.82, 2.24) is 0 Å². The first-order valence-corrected chi connectivity index (χ1v) is 9.05. The first-order chi connectivity index (χ1) is 11.1. The average molecular weight is 330 g/mol. The van der Waals surface area contributed by atoms with E-state index in [4.69, 9.17) is 4.74 Å². The van der Waals surface area contributed by atoms with E-state index < -0.39 is 5.41 Å².